The van der Waals surface area contributed by atoms with E-state index >= 15 is 0 Å². The van der Waals surface area contributed by atoms with Crippen LogP contribution in [0.2, 0.25) is 0 Å². The summed E-state index contributed by atoms with van der Waals surface area (Å²) in [6, 6.07) is 0. The third-order valence-corrected chi connectivity index (χ3v) is 3.24. The third kappa shape index (κ3) is 1.66. The van der Waals surface area contributed by atoms with Gasteiger partial charge in [-0.3, -0.25) is 0 Å². The fourth-order valence-corrected chi connectivity index (χ4v) is 2.22. The van der Waals surface area contributed by atoms with E-state index in [0.717, 1.165) is 0 Å². The van der Waals surface area contributed by atoms with Crippen molar-refractivity contribution >= 4 is 27.2 Å². The molecule has 1 unspecified atom stereocenters. The zero-order chi connectivity index (χ0) is 10.2. The van der Waals surface area contributed by atoms with Crippen LogP contribution in [0.5, 0.6) is 0 Å². The van der Waals surface area contributed by atoms with Gasteiger partial charge >= 0.3 is 78.3 Å². The van der Waals surface area contributed by atoms with Crippen LogP contribution < -0.4 is 5.30 Å². The van der Waals surface area contributed by atoms with E-state index in [1.165, 1.54) is 0 Å². The van der Waals surface area contributed by atoms with Crippen LogP contribution in [0, 0.1) is 29.1 Å². The van der Waals surface area contributed by atoms with Crippen molar-refractivity contribution in [3.05, 3.63) is 29.1 Å². The molecule has 0 spiro atoms. The van der Waals surface area contributed by atoms with Crippen LogP contribution >= 0.6 is 6.83 Å². The number of halogens is 5. The molecule has 0 radical (unpaired) electrons. The van der Waals surface area contributed by atoms with Gasteiger partial charge in [0.25, 0.3) is 0 Å². The van der Waals surface area contributed by atoms with E-state index in [-0.39, 0.29) is 0 Å². The average Bonchev–Trinajstić information content (AvgIpc) is 2.13. The summed E-state index contributed by atoms with van der Waals surface area (Å²) in [6.07, 6.45) is 0. The van der Waals surface area contributed by atoms with Crippen LogP contribution in [0.4, 0.5) is 22.0 Å². The summed E-state index contributed by atoms with van der Waals surface area (Å²) in [7, 11) is 0. The van der Waals surface area contributed by atoms with Crippen molar-refractivity contribution in [2.75, 3.05) is 0 Å². The molecule has 13 heavy (non-hydrogen) atoms. The molecule has 0 aromatic heterocycles. The Kier molecular flexibility index (Phi) is 3.17. The summed E-state index contributed by atoms with van der Waals surface area (Å²) in [5.74, 6) is -9.48. The van der Waals surface area contributed by atoms with Crippen LogP contribution in [0.1, 0.15) is 0 Å². The van der Waals surface area contributed by atoms with Crippen molar-refractivity contribution < 1.29 is 22.0 Å². The van der Waals surface area contributed by atoms with E-state index in [0.29, 0.717) is 0 Å². The summed E-state index contributed by atoms with van der Waals surface area (Å²) in [4.78, 5) is 0. The number of hydrogen-bond acceptors (Lipinski definition) is 0. The molecule has 7 heteroatoms. The van der Waals surface area contributed by atoms with E-state index in [9.17, 15) is 22.0 Å². The van der Waals surface area contributed by atoms with Gasteiger partial charge in [0.2, 0.25) is 0 Å². The van der Waals surface area contributed by atoms with Crippen molar-refractivity contribution in [1.82, 2.24) is 0 Å². The molecule has 0 fully saturated rings. The van der Waals surface area contributed by atoms with Gasteiger partial charge in [-0.15, -0.1) is 0 Å². The standard InChI is InChI=1S/C6F5PSe/c7-1-2(8)4(10)6(12-13)5(11)3(1)9/p+1. The molecule has 70 valence electrons. The molecule has 1 aromatic rings. The first-order valence-corrected chi connectivity index (χ1v) is 6.38. The Labute approximate surface area is 78.8 Å². The Bertz CT molecular complexity index is 349. The van der Waals surface area contributed by atoms with Crippen LogP contribution in [0.3, 0.4) is 0 Å². The second kappa shape index (κ2) is 3.82. The van der Waals surface area contributed by atoms with Gasteiger partial charge in [0.05, 0.1) is 0 Å². The topological polar surface area (TPSA) is 0 Å². The average molecular weight is 278 g/mol. The van der Waals surface area contributed by atoms with E-state index < -0.39 is 41.2 Å². The van der Waals surface area contributed by atoms with Gasteiger partial charge in [-0.2, -0.15) is 0 Å². The van der Waals surface area contributed by atoms with Crippen molar-refractivity contribution in [2.24, 2.45) is 0 Å². The number of benzene rings is 1. The summed E-state index contributed by atoms with van der Waals surface area (Å²) >= 11 is 2.21. The zero-order valence-corrected chi connectivity index (χ0v) is 8.51. The fourth-order valence-electron chi connectivity index (χ4n) is 0.695. The third-order valence-electron chi connectivity index (χ3n) is 1.31. The minimum absolute atomic E-state index is 0.605. The van der Waals surface area contributed by atoms with E-state index in [2.05, 4.69) is 15.1 Å². The SMILES string of the molecule is Fc1c(F)c(F)c([PH+]=[Se])c(F)c1F. The minimum atomic E-state index is -2.13. The summed E-state index contributed by atoms with van der Waals surface area (Å²) < 4.78 is 62.6. The molecule has 0 bridgehead atoms. The molecule has 0 nitrogen and oxygen atoms in total. The summed E-state index contributed by atoms with van der Waals surface area (Å²) in [5, 5.41) is -0.809. The molecule has 0 heterocycles. The molecular formula is C6HF5PSe+. The normalized spacial score (nSPS) is 10.8. The van der Waals surface area contributed by atoms with Crippen molar-refractivity contribution in [3.63, 3.8) is 0 Å². The van der Waals surface area contributed by atoms with Gasteiger partial charge in [0.15, 0.2) is 0 Å². The van der Waals surface area contributed by atoms with Crippen molar-refractivity contribution in [3.8, 4) is 0 Å². The fraction of sp³-hybridized carbons (Fsp3) is 0. The predicted octanol–water partition coefficient (Wildman–Crippen LogP) is 1.77. The first kappa shape index (κ1) is 10.8. The second-order valence-corrected chi connectivity index (χ2v) is 4.04. The first-order chi connectivity index (χ1) is 6.00. The quantitative estimate of drug-likeness (QED) is 0.241. The van der Waals surface area contributed by atoms with Crippen LogP contribution in [-0.2, 0) is 0 Å². The Morgan fingerprint density at radius 2 is 1.00 bits per heavy atom. The van der Waals surface area contributed by atoms with Gasteiger partial charge in [-0.05, 0) is 0 Å². The molecule has 1 aromatic carbocycles. The second-order valence-electron chi connectivity index (χ2n) is 2.05. The van der Waals surface area contributed by atoms with Crippen molar-refractivity contribution in [2.45, 2.75) is 0 Å². The Morgan fingerprint density at radius 1 is 0.692 bits per heavy atom. The Balaban J connectivity index is 3.66. The van der Waals surface area contributed by atoms with Gasteiger partial charge < -0.3 is 0 Å². The molecule has 1 atom stereocenters. The predicted molar refractivity (Wildman–Crippen MR) is 39.9 cm³/mol. The number of hydrogen-bond donors (Lipinski definition) is 0. The number of rotatable bonds is 1. The molecule has 0 aliphatic carbocycles. The molecule has 0 aliphatic heterocycles. The van der Waals surface area contributed by atoms with E-state index in [1.54, 1.807) is 0 Å². The van der Waals surface area contributed by atoms with Gasteiger partial charge in [0.1, 0.15) is 0 Å². The van der Waals surface area contributed by atoms with Gasteiger partial charge in [0, 0.05) is 0 Å². The first-order valence-electron chi connectivity index (χ1n) is 2.90. The Morgan fingerprint density at radius 3 is 1.31 bits per heavy atom. The van der Waals surface area contributed by atoms with Crippen LogP contribution in [0.25, 0.3) is 0 Å². The van der Waals surface area contributed by atoms with Gasteiger partial charge in [-0.1, -0.05) is 0 Å². The van der Waals surface area contributed by atoms with E-state index in [4.69, 9.17) is 0 Å². The van der Waals surface area contributed by atoms with E-state index in [1.807, 2.05) is 0 Å². The van der Waals surface area contributed by atoms with Gasteiger partial charge in [-0.25, -0.2) is 0 Å². The molecular weight excluding hydrogens is 277 g/mol. The Hall–Kier alpha value is -0.311. The maximum atomic E-state index is 12.7. The molecule has 0 saturated carbocycles. The molecule has 0 N–H and O–H groups in total. The molecule has 0 saturated heterocycles. The van der Waals surface area contributed by atoms with Crippen molar-refractivity contribution in [1.29, 1.82) is 0 Å². The molecule has 0 aliphatic rings. The van der Waals surface area contributed by atoms with Crippen LogP contribution in [-0.4, -0.2) is 15.1 Å². The zero-order valence-electron chi connectivity index (χ0n) is 5.80. The molecule has 0 amide bonds. The maximum absolute atomic E-state index is 12.7. The summed E-state index contributed by atoms with van der Waals surface area (Å²) in [5.41, 5.74) is 0. The summed E-state index contributed by atoms with van der Waals surface area (Å²) in [6.45, 7) is -0.605. The molecule has 1 rings (SSSR count). The van der Waals surface area contributed by atoms with Crippen LogP contribution in [0.15, 0.2) is 0 Å². The monoisotopic (exact) mass is 279 g/mol.